The Morgan fingerprint density at radius 3 is 2.83 bits per heavy atom. The Morgan fingerprint density at radius 2 is 2.08 bits per heavy atom. The maximum atomic E-state index is 11.2. The summed E-state index contributed by atoms with van der Waals surface area (Å²) in [7, 11) is -4.41. The molecule has 5 nitrogen and oxygen atoms in total. The van der Waals surface area contributed by atoms with Crippen molar-refractivity contribution in [1.29, 1.82) is 0 Å². The van der Waals surface area contributed by atoms with Crippen molar-refractivity contribution in [2.75, 3.05) is 0 Å². The summed E-state index contributed by atoms with van der Waals surface area (Å²) < 4.78 is 36.5. The van der Waals surface area contributed by atoms with E-state index in [1.54, 1.807) is 6.07 Å². The zero-order valence-corrected chi connectivity index (χ0v) is 14.6. The summed E-state index contributed by atoms with van der Waals surface area (Å²) in [6.45, 7) is 2.13. The van der Waals surface area contributed by atoms with E-state index < -0.39 is 16.5 Å². The van der Waals surface area contributed by atoms with E-state index in [0.717, 1.165) is 32.1 Å². The average Bonchev–Trinajstić information content (AvgIpc) is 2.82. The van der Waals surface area contributed by atoms with Crippen LogP contribution in [0.2, 0.25) is 0 Å². The van der Waals surface area contributed by atoms with Crippen LogP contribution < -0.4 is 0 Å². The predicted octanol–water partition coefficient (Wildman–Crippen LogP) is 3.44. The summed E-state index contributed by atoms with van der Waals surface area (Å²) in [6, 6.07) is 5.72. The van der Waals surface area contributed by atoms with Crippen molar-refractivity contribution < 1.29 is 22.3 Å². The fourth-order valence-electron chi connectivity index (χ4n) is 5.83. The quantitative estimate of drug-likeness (QED) is 0.795. The molecular weight excluding hydrogens is 330 g/mol. The SMILES string of the molecule is C[C@]12CC[C@@H]3c4cc[14c](O)cc4CC[C@H]3[C@@H]1CC[C@@H]2OS(=O)(=O)O. The van der Waals surface area contributed by atoms with Gasteiger partial charge in [0.2, 0.25) is 0 Å². The molecule has 5 atom stereocenters. The van der Waals surface area contributed by atoms with E-state index in [-0.39, 0.29) is 5.41 Å². The van der Waals surface area contributed by atoms with Crippen molar-refractivity contribution in [3.63, 3.8) is 0 Å². The first-order valence-electron chi connectivity index (χ1n) is 8.75. The molecule has 2 fully saturated rings. The van der Waals surface area contributed by atoms with Crippen LogP contribution in [-0.2, 0) is 21.0 Å². The highest BCUT2D eigenvalue weighted by molar-refractivity contribution is 7.80. The molecule has 0 heterocycles. The summed E-state index contributed by atoms with van der Waals surface area (Å²) in [5.41, 5.74) is 2.42. The van der Waals surface area contributed by atoms with E-state index in [1.807, 2.05) is 6.07 Å². The van der Waals surface area contributed by atoms with Gasteiger partial charge in [-0.15, -0.1) is 0 Å². The number of hydrogen-bond acceptors (Lipinski definition) is 4. The zero-order chi connectivity index (χ0) is 17.1. The van der Waals surface area contributed by atoms with Gasteiger partial charge < -0.3 is 5.11 Å². The van der Waals surface area contributed by atoms with Crippen LogP contribution in [0.15, 0.2) is 18.2 Å². The molecular formula is C18H24O5S. The highest BCUT2D eigenvalue weighted by Gasteiger charge is 2.56. The predicted molar refractivity (Wildman–Crippen MR) is 89.1 cm³/mol. The monoisotopic (exact) mass is 354 g/mol. The fourth-order valence-corrected chi connectivity index (χ4v) is 6.44. The molecule has 0 amide bonds. The second-order valence-corrected chi connectivity index (χ2v) is 8.98. The average molecular weight is 354 g/mol. The second kappa shape index (κ2) is 5.44. The lowest BCUT2D eigenvalue weighted by atomic mass is 9.55. The molecule has 24 heavy (non-hydrogen) atoms. The van der Waals surface area contributed by atoms with E-state index in [1.165, 1.54) is 11.1 Å². The van der Waals surface area contributed by atoms with E-state index in [9.17, 15) is 13.5 Å². The van der Waals surface area contributed by atoms with Gasteiger partial charge in [-0.1, -0.05) is 13.0 Å². The van der Waals surface area contributed by atoms with Gasteiger partial charge in [0, 0.05) is 0 Å². The lowest BCUT2D eigenvalue weighted by Crippen LogP contribution is -2.45. The number of aromatic hydroxyl groups is 1. The van der Waals surface area contributed by atoms with Gasteiger partial charge in [-0.25, -0.2) is 4.18 Å². The Morgan fingerprint density at radius 1 is 1.29 bits per heavy atom. The molecule has 0 saturated heterocycles. The van der Waals surface area contributed by atoms with Crippen LogP contribution in [0.25, 0.3) is 0 Å². The van der Waals surface area contributed by atoms with Crippen molar-refractivity contribution >= 4 is 10.4 Å². The van der Waals surface area contributed by atoms with E-state index in [2.05, 4.69) is 13.0 Å². The second-order valence-electron chi connectivity index (χ2n) is 7.93. The topological polar surface area (TPSA) is 83.8 Å². The van der Waals surface area contributed by atoms with Gasteiger partial charge in [-0.3, -0.25) is 4.55 Å². The van der Waals surface area contributed by atoms with Crippen molar-refractivity contribution in [2.24, 2.45) is 17.3 Å². The van der Waals surface area contributed by atoms with Crippen LogP contribution in [0.3, 0.4) is 0 Å². The fraction of sp³-hybridized carbons (Fsp3) is 0.667. The van der Waals surface area contributed by atoms with E-state index >= 15 is 0 Å². The minimum atomic E-state index is -4.41. The molecule has 0 spiro atoms. The van der Waals surface area contributed by atoms with E-state index in [4.69, 9.17) is 8.74 Å². The van der Waals surface area contributed by atoms with Crippen LogP contribution in [0.1, 0.15) is 56.1 Å². The number of phenols is 1. The Kier molecular flexibility index (Phi) is 3.71. The molecule has 0 aromatic heterocycles. The molecule has 132 valence electrons. The normalized spacial score (nSPS) is 38.2. The van der Waals surface area contributed by atoms with Gasteiger partial charge in [-0.2, -0.15) is 8.42 Å². The Hall–Kier alpha value is -1.11. The molecule has 6 heteroatoms. The Balaban J connectivity index is 1.63. The lowest BCUT2D eigenvalue weighted by Gasteiger charge is -2.50. The molecule has 2 N–H and O–H groups in total. The summed E-state index contributed by atoms with van der Waals surface area (Å²) in [5.74, 6) is 1.76. The summed E-state index contributed by atoms with van der Waals surface area (Å²) in [5, 5.41) is 9.72. The Bertz CT molecular complexity index is 759. The zero-order valence-electron chi connectivity index (χ0n) is 13.8. The third kappa shape index (κ3) is 2.55. The van der Waals surface area contributed by atoms with Gasteiger partial charge in [0.15, 0.2) is 0 Å². The van der Waals surface area contributed by atoms with Gasteiger partial charge >= 0.3 is 10.4 Å². The molecule has 3 aliphatic rings. The summed E-state index contributed by atoms with van der Waals surface area (Å²) in [6.07, 6.45) is 5.15. The van der Waals surface area contributed by atoms with Crippen LogP contribution in [-0.4, -0.2) is 24.2 Å². The molecule has 0 bridgehead atoms. The number of phenolic OH excluding ortho intramolecular Hbond substituents is 1. The minimum absolute atomic E-state index is 0.189. The highest BCUT2D eigenvalue weighted by Crippen LogP contribution is 2.61. The maximum Gasteiger partial charge on any atom is 0.397 e. The molecule has 0 unspecified atom stereocenters. The first kappa shape index (κ1) is 16.4. The standard InChI is InChI=1S/C18H24O5S/c1-18-9-8-14-13-5-3-12(19)10-11(13)2-4-15(14)16(18)6-7-17(18)23-24(20,21)22/h3,5,10,14-17,19H,2,4,6-9H2,1H3,(H,20,21,22)/t14-,15-,16+,17+,18+/m1/s1/i12+2. The maximum absolute atomic E-state index is 11.2. The van der Waals surface area contributed by atoms with Crippen molar-refractivity contribution in [3.05, 3.63) is 29.3 Å². The molecule has 0 radical (unpaired) electrons. The van der Waals surface area contributed by atoms with Crippen LogP contribution >= 0.6 is 0 Å². The van der Waals surface area contributed by atoms with E-state index in [0.29, 0.717) is 29.9 Å². The number of benzene rings is 1. The minimum Gasteiger partial charge on any atom is -0.508 e. The smallest absolute Gasteiger partial charge is 0.397 e. The van der Waals surface area contributed by atoms with Crippen molar-refractivity contribution in [2.45, 2.75) is 57.5 Å². The lowest BCUT2D eigenvalue weighted by molar-refractivity contribution is -0.0121. The van der Waals surface area contributed by atoms with Gasteiger partial charge in [0.05, 0.1) is 6.10 Å². The molecule has 4 rings (SSSR count). The van der Waals surface area contributed by atoms with Gasteiger partial charge in [0.1, 0.15) is 5.75 Å². The molecule has 2 saturated carbocycles. The van der Waals surface area contributed by atoms with Crippen LogP contribution in [0, 0.1) is 17.3 Å². The number of aryl methyl sites for hydroxylation is 1. The molecule has 3 aliphatic carbocycles. The van der Waals surface area contributed by atoms with Gasteiger partial charge in [-0.05, 0) is 85.0 Å². The molecule has 1 aromatic carbocycles. The summed E-state index contributed by atoms with van der Waals surface area (Å²) in [4.78, 5) is 0. The first-order chi connectivity index (χ1) is 11.3. The molecule has 1 aromatic rings. The third-order valence-corrected chi connectivity index (χ3v) is 7.34. The Labute approximate surface area is 143 Å². The summed E-state index contributed by atoms with van der Waals surface area (Å²) >= 11 is 0. The largest absolute Gasteiger partial charge is 0.508 e. The first-order valence-corrected chi connectivity index (χ1v) is 10.1. The van der Waals surface area contributed by atoms with Crippen molar-refractivity contribution in [1.82, 2.24) is 0 Å². The highest BCUT2D eigenvalue weighted by atomic mass is 32.3. The molecule has 0 aliphatic heterocycles. The van der Waals surface area contributed by atoms with Crippen molar-refractivity contribution in [3.8, 4) is 5.75 Å². The number of rotatable bonds is 2. The number of fused-ring (bicyclic) bond motifs is 5. The van der Waals surface area contributed by atoms with Gasteiger partial charge in [0.25, 0.3) is 0 Å². The number of hydrogen-bond donors (Lipinski definition) is 2. The third-order valence-electron chi connectivity index (χ3n) is 6.86. The van der Waals surface area contributed by atoms with Crippen LogP contribution in [0.5, 0.6) is 5.75 Å². The van der Waals surface area contributed by atoms with Crippen LogP contribution in [0.4, 0.5) is 0 Å².